The summed E-state index contributed by atoms with van der Waals surface area (Å²) in [5, 5.41) is 14.6. The van der Waals surface area contributed by atoms with Crippen LogP contribution < -0.4 is 10.0 Å². The molecule has 10 heteroatoms. The van der Waals surface area contributed by atoms with Gasteiger partial charge in [0.25, 0.3) is 0 Å². The molecule has 2 aliphatic rings. The van der Waals surface area contributed by atoms with Crippen LogP contribution in [0.2, 0.25) is 0 Å². The molecule has 0 spiro atoms. The molecule has 0 saturated heterocycles. The van der Waals surface area contributed by atoms with Crippen molar-refractivity contribution in [2.75, 3.05) is 18.4 Å². The van der Waals surface area contributed by atoms with E-state index in [-0.39, 0.29) is 18.5 Å². The number of hydrogen-bond acceptors (Lipinski definition) is 6. The molecule has 0 aliphatic heterocycles. The second-order valence-corrected chi connectivity index (χ2v) is 8.52. The van der Waals surface area contributed by atoms with E-state index in [4.69, 9.17) is 4.55 Å². The van der Waals surface area contributed by atoms with Gasteiger partial charge in [0.2, 0.25) is 0 Å². The number of nitrogens with zero attached hydrogens (tertiary/aromatic N) is 3. The first kappa shape index (κ1) is 17.7. The lowest BCUT2D eigenvalue weighted by atomic mass is 10.1. The lowest BCUT2D eigenvalue weighted by molar-refractivity contribution is 0.133. The average Bonchev–Trinajstić information content (AvgIpc) is 3.19. The van der Waals surface area contributed by atoms with Gasteiger partial charge in [-0.05, 0) is 37.7 Å². The van der Waals surface area contributed by atoms with E-state index >= 15 is 0 Å². The normalized spacial score (nSPS) is 26.5. The molecule has 2 heterocycles. The fourth-order valence-electron chi connectivity index (χ4n) is 3.70. The minimum absolute atomic E-state index is 0.0128. The molecule has 9 nitrogen and oxygen atoms in total. The zero-order valence-corrected chi connectivity index (χ0v) is 15.1. The SMILES string of the molecule is O=S(=O)(O)NC[C@@H]1C[C@@H](n2ccc3c(NCC4CC4)ncnc32)C[C@@H]1O. The quantitative estimate of drug-likeness (QED) is 0.526. The van der Waals surface area contributed by atoms with Crippen molar-refractivity contribution in [3.05, 3.63) is 18.6 Å². The molecule has 142 valence electrons. The number of rotatable bonds is 7. The highest BCUT2D eigenvalue weighted by Crippen LogP contribution is 2.37. The van der Waals surface area contributed by atoms with E-state index in [9.17, 15) is 13.5 Å². The van der Waals surface area contributed by atoms with Gasteiger partial charge in [0.1, 0.15) is 17.8 Å². The van der Waals surface area contributed by atoms with Gasteiger partial charge in [-0.25, -0.2) is 9.97 Å². The van der Waals surface area contributed by atoms with Crippen molar-refractivity contribution in [3.63, 3.8) is 0 Å². The molecule has 0 unspecified atom stereocenters. The van der Waals surface area contributed by atoms with Crippen LogP contribution in [0, 0.1) is 11.8 Å². The molecule has 0 bridgehead atoms. The lowest BCUT2D eigenvalue weighted by Gasteiger charge is -2.14. The van der Waals surface area contributed by atoms with Crippen LogP contribution in [0.5, 0.6) is 0 Å². The van der Waals surface area contributed by atoms with Crippen LogP contribution in [0.1, 0.15) is 31.7 Å². The fourth-order valence-corrected chi connectivity index (χ4v) is 4.13. The number of nitrogens with one attached hydrogen (secondary N) is 2. The summed E-state index contributed by atoms with van der Waals surface area (Å²) in [7, 11) is -4.25. The van der Waals surface area contributed by atoms with Gasteiger partial charge < -0.3 is 15.0 Å². The Morgan fingerprint density at radius 3 is 2.77 bits per heavy atom. The first-order valence-electron chi connectivity index (χ1n) is 8.86. The van der Waals surface area contributed by atoms with Gasteiger partial charge in [-0.3, -0.25) is 4.55 Å². The van der Waals surface area contributed by atoms with Crippen molar-refractivity contribution in [1.82, 2.24) is 19.3 Å². The first-order chi connectivity index (χ1) is 12.4. The second kappa shape index (κ2) is 6.76. The van der Waals surface area contributed by atoms with Crippen molar-refractivity contribution in [3.8, 4) is 0 Å². The Hall–Kier alpha value is -1.75. The molecule has 2 fully saturated rings. The molecule has 0 radical (unpaired) electrons. The second-order valence-electron chi connectivity index (χ2n) is 7.28. The summed E-state index contributed by atoms with van der Waals surface area (Å²) in [5.74, 6) is 1.31. The molecular formula is C16H23N5O4S. The fraction of sp³-hybridized carbons (Fsp3) is 0.625. The topological polar surface area (TPSA) is 129 Å². The van der Waals surface area contributed by atoms with E-state index in [2.05, 4.69) is 20.0 Å². The van der Waals surface area contributed by atoms with E-state index in [1.807, 2.05) is 16.8 Å². The van der Waals surface area contributed by atoms with E-state index < -0.39 is 16.4 Å². The van der Waals surface area contributed by atoms with Crippen LogP contribution in [-0.2, 0) is 10.3 Å². The lowest BCUT2D eigenvalue weighted by Crippen LogP contribution is -2.31. The highest BCUT2D eigenvalue weighted by Gasteiger charge is 2.35. The summed E-state index contributed by atoms with van der Waals surface area (Å²) >= 11 is 0. The van der Waals surface area contributed by atoms with Crippen LogP contribution >= 0.6 is 0 Å². The summed E-state index contributed by atoms with van der Waals surface area (Å²) in [5.41, 5.74) is 0.805. The molecule has 2 aliphatic carbocycles. The van der Waals surface area contributed by atoms with Crippen LogP contribution in [-0.4, -0.2) is 51.8 Å². The van der Waals surface area contributed by atoms with Crippen LogP contribution in [0.4, 0.5) is 5.82 Å². The van der Waals surface area contributed by atoms with Crippen LogP contribution in [0.25, 0.3) is 11.0 Å². The highest BCUT2D eigenvalue weighted by molar-refractivity contribution is 7.83. The van der Waals surface area contributed by atoms with E-state index in [1.165, 1.54) is 19.2 Å². The Morgan fingerprint density at radius 2 is 2.04 bits per heavy atom. The Labute approximate surface area is 151 Å². The van der Waals surface area contributed by atoms with Crippen molar-refractivity contribution in [1.29, 1.82) is 0 Å². The zero-order valence-electron chi connectivity index (χ0n) is 14.2. The van der Waals surface area contributed by atoms with Crippen molar-refractivity contribution < 1.29 is 18.1 Å². The van der Waals surface area contributed by atoms with E-state index in [1.54, 1.807) is 0 Å². The number of hydrogen-bond donors (Lipinski definition) is 4. The van der Waals surface area contributed by atoms with Gasteiger partial charge in [0, 0.05) is 31.2 Å². The minimum Gasteiger partial charge on any atom is -0.393 e. The summed E-state index contributed by atoms with van der Waals surface area (Å²) in [6.07, 6.45) is 6.48. The Balaban J connectivity index is 1.50. The van der Waals surface area contributed by atoms with Gasteiger partial charge in [-0.2, -0.15) is 13.1 Å². The zero-order chi connectivity index (χ0) is 18.3. The molecule has 3 atom stereocenters. The molecule has 2 aromatic heterocycles. The summed E-state index contributed by atoms with van der Waals surface area (Å²) in [6, 6.07) is 1.99. The molecule has 4 N–H and O–H groups in total. The van der Waals surface area contributed by atoms with Gasteiger partial charge in [0.15, 0.2) is 0 Å². The van der Waals surface area contributed by atoms with Crippen molar-refractivity contribution in [2.45, 2.75) is 37.8 Å². The van der Waals surface area contributed by atoms with Crippen LogP contribution in [0.3, 0.4) is 0 Å². The molecular weight excluding hydrogens is 358 g/mol. The number of aromatic nitrogens is 3. The third-order valence-corrected chi connectivity index (χ3v) is 5.85. The van der Waals surface area contributed by atoms with Gasteiger partial charge in [-0.15, -0.1) is 0 Å². The number of aliphatic hydroxyl groups is 1. The van der Waals surface area contributed by atoms with Crippen molar-refractivity contribution in [2.24, 2.45) is 11.8 Å². The molecule has 0 aromatic carbocycles. The van der Waals surface area contributed by atoms with E-state index in [0.717, 1.165) is 29.3 Å². The number of aliphatic hydroxyl groups excluding tert-OH is 1. The highest BCUT2D eigenvalue weighted by atomic mass is 32.2. The Kier molecular flexibility index (Phi) is 4.59. The van der Waals surface area contributed by atoms with Crippen molar-refractivity contribution >= 4 is 27.2 Å². The summed E-state index contributed by atoms with van der Waals surface area (Å²) in [4.78, 5) is 8.75. The summed E-state index contributed by atoms with van der Waals surface area (Å²) in [6.45, 7) is 0.932. The largest absolute Gasteiger partial charge is 0.393 e. The third-order valence-electron chi connectivity index (χ3n) is 5.32. The maximum Gasteiger partial charge on any atom is 0.333 e. The maximum atomic E-state index is 10.9. The minimum atomic E-state index is -4.25. The molecule has 26 heavy (non-hydrogen) atoms. The predicted molar refractivity (Wildman–Crippen MR) is 96.1 cm³/mol. The molecule has 2 aromatic rings. The van der Waals surface area contributed by atoms with E-state index in [0.29, 0.717) is 12.8 Å². The standard InChI is InChI=1S/C16H23N5O4S/c22-14-6-12(5-11(14)8-20-26(23,24)25)21-4-3-13-15(17-7-10-1-2-10)18-9-19-16(13)21/h3-4,9-12,14,20,22H,1-2,5-8H2,(H,17,18,19)(H,23,24,25)/t11-,12+,14-/m0/s1. The first-order valence-corrected chi connectivity index (χ1v) is 10.3. The number of anilines is 1. The molecule has 0 amide bonds. The van der Waals surface area contributed by atoms with Gasteiger partial charge in [0.05, 0.1) is 11.5 Å². The molecule has 2 saturated carbocycles. The molecule has 4 rings (SSSR count). The Bertz CT molecular complexity index is 895. The summed E-state index contributed by atoms with van der Waals surface area (Å²) < 4.78 is 34.6. The average molecular weight is 381 g/mol. The predicted octanol–water partition coefficient (Wildman–Crippen LogP) is 0.958. The Morgan fingerprint density at radius 1 is 1.23 bits per heavy atom. The third kappa shape index (κ3) is 3.83. The smallest absolute Gasteiger partial charge is 0.333 e. The monoisotopic (exact) mass is 381 g/mol. The van der Waals surface area contributed by atoms with Gasteiger partial charge in [-0.1, -0.05) is 0 Å². The van der Waals surface area contributed by atoms with Crippen LogP contribution in [0.15, 0.2) is 18.6 Å². The number of fused-ring (bicyclic) bond motifs is 1. The maximum absolute atomic E-state index is 10.9. The van der Waals surface area contributed by atoms with Gasteiger partial charge >= 0.3 is 10.3 Å².